The molecule has 0 aromatic heterocycles. The summed E-state index contributed by atoms with van der Waals surface area (Å²) in [6, 6.07) is -1.01. The minimum absolute atomic E-state index is 0.0687. The van der Waals surface area contributed by atoms with Crippen LogP contribution in [0.5, 0.6) is 0 Å². The van der Waals surface area contributed by atoms with Gasteiger partial charge in [-0.15, -0.1) is 0 Å². The molecule has 1 saturated heterocycles. The summed E-state index contributed by atoms with van der Waals surface area (Å²) < 4.78 is 26.9. The average molecular weight is 525 g/mol. The van der Waals surface area contributed by atoms with Crippen molar-refractivity contribution in [2.24, 2.45) is 5.73 Å². The molecule has 8 N–H and O–H groups in total. The van der Waals surface area contributed by atoms with Gasteiger partial charge in [0.15, 0.2) is 6.29 Å². The van der Waals surface area contributed by atoms with E-state index in [1.165, 1.54) is 6.92 Å². The number of aliphatic hydroxyl groups is 3. The number of hydrogen-bond acceptors (Lipinski definition) is 12. The summed E-state index contributed by atoms with van der Waals surface area (Å²) in [7, 11) is 0. The van der Waals surface area contributed by atoms with Crippen LogP contribution in [0.2, 0.25) is 0 Å². The molecule has 3 amide bonds. The third kappa shape index (κ3) is 13.4. The Balaban J connectivity index is 2.04. The number of nitrogens with two attached hydrogens (primary N) is 1. The van der Waals surface area contributed by atoms with Crippen molar-refractivity contribution in [3.05, 3.63) is 0 Å². The van der Waals surface area contributed by atoms with Gasteiger partial charge in [0.05, 0.1) is 59.4 Å². The van der Waals surface area contributed by atoms with Crippen LogP contribution in [0, 0.1) is 0 Å². The van der Waals surface area contributed by atoms with E-state index in [0.717, 1.165) is 0 Å². The second kappa shape index (κ2) is 19.2. The molecular weight excluding hydrogens is 484 g/mol. The number of hydrogen-bond donors (Lipinski definition) is 7. The van der Waals surface area contributed by atoms with Gasteiger partial charge in [-0.2, -0.15) is 0 Å². The van der Waals surface area contributed by atoms with Gasteiger partial charge in [-0.05, 0) is 0 Å². The highest BCUT2D eigenvalue weighted by atomic mass is 16.7. The zero-order chi connectivity index (χ0) is 26.8. The maximum absolute atomic E-state index is 11.7. The molecule has 0 spiro atoms. The summed E-state index contributed by atoms with van der Waals surface area (Å²) in [5.41, 5.74) is 5.15. The molecule has 0 bridgehead atoms. The van der Waals surface area contributed by atoms with Crippen LogP contribution in [0.25, 0.3) is 0 Å². The van der Waals surface area contributed by atoms with Crippen LogP contribution in [-0.2, 0) is 38.1 Å². The highest BCUT2D eigenvalue weighted by Crippen LogP contribution is 2.22. The van der Waals surface area contributed by atoms with Crippen molar-refractivity contribution >= 4 is 17.7 Å². The van der Waals surface area contributed by atoms with Gasteiger partial charge < -0.3 is 60.7 Å². The number of carbonyl (C=O) groups is 3. The molecule has 1 aliphatic rings. The molecule has 210 valence electrons. The first-order valence-corrected chi connectivity index (χ1v) is 11.8. The molecule has 0 radical (unpaired) electrons. The van der Waals surface area contributed by atoms with Crippen molar-refractivity contribution in [3.63, 3.8) is 0 Å². The second-order valence-electron chi connectivity index (χ2n) is 7.79. The first kappa shape index (κ1) is 32.1. The molecule has 15 heteroatoms. The average Bonchev–Trinajstić information content (AvgIpc) is 2.85. The van der Waals surface area contributed by atoms with Crippen molar-refractivity contribution in [3.8, 4) is 0 Å². The molecule has 1 rings (SSSR count). The lowest BCUT2D eigenvalue weighted by Crippen LogP contribution is -2.64. The Morgan fingerprint density at radius 2 is 1.44 bits per heavy atom. The Labute approximate surface area is 209 Å². The van der Waals surface area contributed by atoms with Crippen LogP contribution in [0.3, 0.4) is 0 Å². The first-order valence-electron chi connectivity index (χ1n) is 11.8. The zero-order valence-electron chi connectivity index (χ0n) is 20.6. The van der Waals surface area contributed by atoms with E-state index in [4.69, 9.17) is 29.4 Å². The highest BCUT2D eigenvalue weighted by molar-refractivity contribution is 5.77. The quantitative estimate of drug-likeness (QED) is 0.0796. The van der Waals surface area contributed by atoms with Gasteiger partial charge in [-0.3, -0.25) is 14.4 Å². The first-order chi connectivity index (χ1) is 17.3. The largest absolute Gasteiger partial charge is 0.394 e. The number of amides is 3. The van der Waals surface area contributed by atoms with Crippen LogP contribution in [0.4, 0.5) is 0 Å². The van der Waals surface area contributed by atoms with Crippen molar-refractivity contribution in [2.45, 2.75) is 44.0 Å². The summed E-state index contributed by atoms with van der Waals surface area (Å²) in [6.07, 6.45) is -4.68. The summed E-state index contributed by atoms with van der Waals surface area (Å²) in [4.78, 5) is 34.0. The van der Waals surface area contributed by atoms with Gasteiger partial charge in [0, 0.05) is 26.4 Å². The van der Waals surface area contributed by atoms with Crippen LogP contribution < -0.4 is 21.7 Å². The number of carbonyl (C=O) groups excluding carboxylic acids is 3. The van der Waals surface area contributed by atoms with Gasteiger partial charge in [-0.1, -0.05) is 0 Å². The molecule has 15 nitrogen and oxygen atoms in total. The van der Waals surface area contributed by atoms with Crippen LogP contribution in [-0.4, -0.2) is 136 Å². The maximum Gasteiger partial charge on any atom is 0.233 e. The predicted molar refractivity (Wildman–Crippen MR) is 123 cm³/mol. The Hall–Kier alpha value is -1.95. The molecule has 3 unspecified atom stereocenters. The van der Waals surface area contributed by atoms with Crippen molar-refractivity contribution in [2.75, 3.05) is 72.5 Å². The Morgan fingerprint density at radius 3 is 2.06 bits per heavy atom. The molecule has 0 aromatic carbocycles. The normalized spacial score (nSPS) is 23.8. The standard InChI is InChI=1S/C21H40N4O11/c1-14(27)25-18-20(31)19(30)15(13-26)36-21(18)35-11-10-34-9-8-33-7-3-23-16(28)2-5-32-6-4-24-17(29)12-22/h15,18-21,26,30-31H,2-13,22H2,1H3,(H,23,28)(H,24,29)(H,25,27)/t15?,18-,19?,20+,21?/m0/s1. The highest BCUT2D eigenvalue weighted by Gasteiger charge is 2.45. The molecule has 36 heavy (non-hydrogen) atoms. The Bertz CT molecular complexity index is 643. The number of aliphatic hydroxyl groups excluding tert-OH is 3. The monoisotopic (exact) mass is 524 g/mol. The molecule has 0 aliphatic carbocycles. The predicted octanol–water partition coefficient (Wildman–Crippen LogP) is -4.42. The van der Waals surface area contributed by atoms with Gasteiger partial charge in [-0.25, -0.2) is 0 Å². The minimum atomic E-state index is -1.37. The molecule has 0 aromatic rings. The third-order valence-electron chi connectivity index (χ3n) is 4.93. The number of nitrogens with one attached hydrogen (secondary N) is 3. The Morgan fingerprint density at radius 1 is 0.861 bits per heavy atom. The maximum atomic E-state index is 11.7. The molecule has 1 fully saturated rings. The van der Waals surface area contributed by atoms with Crippen LogP contribution in [0.1, 0.15) is 13.3 Å². The van der Waals surface area contributed by atoms with E-state index in [1.807, 2.05) is 0 Å². The SMILES string of the molecule is CC(=O)N[C@@H]1C(OCCOCCOCCNC(=O)CCOCCNC(=O)CN)OC(CO)C(O)[C@@H]1O. The van der Waals surface area contributed by atoms with E-state index in [9.17, 15) is 29.7 Å². The van der Waals surface area contributed by atoms with E-state index < -0.39 is 43.2 Å². The molecule has 1 heterocycles. The third-order valence-corrected chi connectivity index (χ3v) is 4.93. The number of ether oxygens (including phenoxy) is 5. The fourth-order valence-electron chi connectivity index (χ4n) is 3.11. The van der Waals surface area contributed by atoms with Gasteiger partial charge >= 0.3 is 0 Å². The van der Waals surface area contributed by atoms with E-state index in [1.54, 1.807) is 0 Å². The lowest BCUT2D eigenvalue weighted by atomic mass is 9.97. The summed E-state index contributed by atoms with van der Waals surface area (Å²) in [6.45, 7) is 2.96. The van der Waals surface area contributed by atoms with E-state index >= 15 is 0 Å². The molecular formula is C21H40N4O11. The van der Waals surface area contributed by atoms with Gasteiger partial charge in [0.2, 0.25) is 17.7 Å². The van der Waals surface area contributed by atoms with Crippen molar-refractivity contribution < 1.29 is 53.4 Å². The summed E-state index contributed by atoms with van der Waals surface area (Å²) >= 11 is 0. The Kier molecular flexibility index (Phi) is 17.1. The van der Waals surface area contributed by atoms with Crippen LogP contribution >= 0.6 is 0 Å². The van der Waals surface area contributed by atoms with E-state index in [-0.39, 0.29) is 51.2 Å². The minimum Gasteiger partial charge on any atom is -0.394 e. The zero-order valence-corrected chi connectivity index (χ0v) is 20.6. The molecule has 5 atom stereocenters. The van der Waals surface area contributed by atoms with Gasteiger partial charge in [0.1, 0.15) is 24.4 Å². The fourth-order valence-corrected chi connectivity index (χ4v) is 3.11. The van der Waals surface area contributed by atoms with E-state index in [2.05, 4.69) is 16.0 Å². The van der Waals surface area contributed by atoms with Crippen molar-refractivity contribution in [1.29, 1.82) is 0 Å². The van der Waals surface area contributed by atoms with Crippen molar-refractivity contribution in [1.82, 2.24) is 16.0 Å². The molecule has 1 aliphatic heterocycles. The number of rotatable bonds is 19. The van der Waals surface area contributed by atoms with Gasteiger partial charge in [0.25, 0.3) is 0 Å². The second-order valence-corrected chi connectivity index (χ2v) is 7.79. The topological polar surface area (TPSA) is 220 Å². The summed E-state index contributed by atoms with van der Waals surface area (Å²) in [5.74, 6) is -0.879. The fraction of sp³-hybridized carbons (Fsp3) is 0.857. The smallest absolute Gasteiger partial charge is 0.233 e. The lowest BCUT2D eigenvalue weighted by Gasteiger charge is -2.42. The van der Waals surface area contributed by atoms with E-state index in [0.29, 0.717) is 32.9 Å². The summed E-state index contributed by atoms with van der Waals surface area (Å²) in [5, 5.41) is 37.2. The van der Waals surface area contributed by atoms with Crippen LogP contribution in [0.15, 0.2) is 0 Å². The molecule has 0 saturated carbocycles. The lowest BCUT2D eigenvalue weighted by molar-refractivity contribution is -0.272.